The van der Waals surface area contributed by atoms with Crippen LogP contribution in [0, 0.1) is 5.92 Å². The molecule has 1 amide bonds. The fourth-order valence-electron chi connectivity index (χ4n) is 1.86. The molecule has 0 fully saturated rings. The third-order valence-electron chi connectivity index (χ3n) is 2.83. The van der Waals surface area contributed by atoms with E-state index in [1.54, 1.807) is 12.2 Å². The lowest BCUT2D eigenvalue weighted by atomic mass is 9.95. The van der Waals surface area contributed by atoms with Crippen molar-refractivity contribution >= 4 is 11.9 Å². The molecule has 0 aromatic carbocycles. The molecule has 0 radical (unpaired) electrons. The van der Waals surface area contributed by atoms with E-state index in [2.05, 4.69) is 5.32 Å². The first-order chi connectivity index (χ1) is 8.72. The second-order valence-electron chi connectivity index (χ2n) is 4.18. The van der Waals surface area contributed by atoms with Crippen LogP contribution in [0.4, 0.5) is 0 Å². The molecule has 5 nitrogen and oxygen atoms in total. The predicted octanol–water partition coefficient (Wildman–Crippen LogP) is 0.0454. The summed E-state index contributed by atoms with van der Waals surface area (Å²) < 4.78 is 5.20. The number of nitrogens with one attached hydrogen (secondary N) is 1. The van der Waals surface area contributed by atoms with Crippen molar-refractivity contribution in [2.45, 2.75) is 12.5 Å². The Bertz CT molecular complexity index is 438. The van der Waals surface area contributed by atoms with Gasteiger partial charge in [0.2, 0.25) is 5.91 Å². The molecule has 1 heterocycles. The van der Waals surface area contributed by atoms with Crippen LogP contribution in [-0.4, -0.2) is 31.1 Å². The van der Waals surface area contributed by atoms with Crippen molar-refractivity contribution in [3.63, 3.8) is 0 Å². The minimum atomic E-state index is -0.856. The van der Waals surface area contributed by atoms with Crippen LogP contribution in [0.1, 0.15) is 6.42 Å². The van der Waals surface area contributed by atoms with Gasteiger partial charge < -0.3 is 15.8 Å². The van der Waals surface area contributed by atoms with Gasteiger partial charge in [-0.2, -0.15) is 0 Å². The van der Waals surface area contributed by atoms with Gasteiger partial charge in [0, 0.05) is 6.54 Å². The Morgan fingerprint density at radius 2 is 2.28 bits per heavy atom. The third kappa shape index (κ3) is 2.68. The molecular weight excluding hydrogens is 232 g/mol. The summed E-state index contributed by atoms with van der Waals surface area (Å²) >= 11 is 0. The molecule has 96 valence electrons. The summed E-state index contributed by atoms with van der Waals surface area (Å²) in [4.78, 5) is 23.5. The topological polar surface area (TPSA) is 81.4 Å². The van der Waals surface area contributed by atoms with Crippen molar-refractivity contribution in [2.24, 2.45) is 11.7 Å². The summed E-state index contributed by atoms with van der Waals surface area (Å²) in [7, 11) is 0. The second-order valence-corrected chi connectivity index (χ2v) is 4.18. The molecule has 3 N–H and O–H groups in total. The SMILES string of the molecule is NCCCNC(=O)C1C=C2C=CC=CC2OC1=O. The van der Waals surface area contributed by atoms with Crippen molar-refractivity contribution in [2.75, 3.05) is 13.1 Å². The molecule has 2 unspecified atom stereocenters. The predicted molar refractivity (Wildman–Crippen MR) is 66.4 cm³/mol. The summed E-state index contributed by atoms with van der Waals surface area (Å²) in [5.41, 5.74) is 6.18. The fourth-order valence-corrected chi connectivity index (χ4v) is 1.86. The van der Waals surface area contributed by atoms with Gasteiger partial charge >= 0.3 is 5.97 Å². The van der Waals surface area contributed by atoms with Gasteiger partial charge in [-0.15, -0.1) is 0 Å². The number of carbonyl (C=O) groups is 2. The molecule has 1 aliphatic heterocycles. The van der Waals surface area contributed by atoms with E-state index >= 15 is 0 Å². The quantitative estimate of drug-likeness (QED) is 0.418. The third-order valence-corrected chi connectivity index (χ3v) is 2.83. The summed E-state index contributed by atoms with van der Waals surface area (Å²) in [6.45, 7) is 0.980. The van der Waals surface area contributed by atoms with E-state index in [9.17, 15) is 9.59 Å². The molecule has 0 aromatic heterocycles. The Morgan fingerprint density at radius 3 is 3.06 bits per heavy atom. The Labute approximate surface area is 105 Å². The number of ether oxygens (including phenoxy) is 1. The number of amides is 1. The van der Waals surface area contributed by atoms with Crippen molar-refractivity contribution in [1.29, 1.82) is 0 Å². The van der Waals surface area contributed by atoms with Gasteiger partial charge in [-0.3, -0.25) is 9.59 Å². The highest BCUT2D eigenvalue weighted by atomic mass is 16.5. The smallest absolute Gasteiger partial charge is 0.323 e. The minimum absolute atomic E-state index is 0.331. The maximum absolute atomic E-state index is 11.8. The van der Waals surface area contributed by atoms with Crippen LogP contribution in [0.5, 0.6) is 0 Å². The number of hydrogen-bond donors (Lipinski definition) is 2. The summed E-state index contributed by atoms with van der Waals surface area (Å²) in [5, 5.41) is 2.67. The molecule has 0 bridgehead atoms. The van der Waals surface area contributed by atoms with Gasteiger partial charge in [-0.25, -0.2) is 0 Å². The van der Waals surface area contributed by atoms with Crippen LogP contribution < -0.4 is 11.1 Å². The van der Waals surface area contributed by atoms with Crippen LogP contribution in [0.25, 0.3) is 0 Å². The number of hydrogen-bond acceptors (Lipinski definition) is 4. The lowest BCUT2D eigenvalue weighted by molar-refractivity contribution is -0.153. The first-order valence-electron chi connectivity index (χ1n) is 5.97. The molecule has 2 rings (SSSR count). The van der Waals surface area contributed by atoms with Crippen molar-refractivity contribution < 1.29 is 14.3 Å². The zero-order valence-electron chi connectivity index (χ0n) is 9.96. The minimum Gasteiger partial charge on any atom is -0.452 e. The first-order valence-corrected chi connectivity index (χ1v) is 5.97. The highest BCUT2D eigenvalue weighted by Crippen LogP contribution is 2.24. The second kappa shape index (κ2) is 5.64. The monoisotopic (exact) mass is 248 g/mol. The van der Waals surface area contributed by atoms with E-state index in [1.807, 2.05) is 18.2 Å². The normalized spacial score (nSPS) is 25.2. The molecule has 0 aromatic rings. The molecule has 0 saturated heterocycles. The summed E-state index contributed by atoms with van der Waals surface area (Å²) in [6, 6.07) is 0. The lowest BCUT2D eigenvalue weighted by Gasteiger charge is -2.26. The van der Waals surface area contributed by atoms with Crippen molar-refractivity contribution in [1.82, 2.24) is 5.32 Å². The lowest BCUT2D eigenvalue weighted by Crippen LogP contribution is -2.40. The maximum Gasteiger partial charge on any atom is 0.323 e. The van der Waals surface area contributed by atoms with E-state index < -0.39 is 11.9 Å². The average molecular weight is 248 g/mol. The Hall–Kier alpha value is -1.88. The van der Waals surface area contributed by atoms with E-state index in [0.717, 1.165) is 5.57 Å². The van der Waals surface area contributed by atoms with Crippen LogP contribution in [0.3, 0.4) is 0 Å². The summed E-state index contributed by atoms with van der Waals surface area (Å²) in [5.74, 6) is -1.69. The van der Waals surface area contributed by atoms with Crippen LogP contribution >= 0.6 is 0 Å². The van der Waals surface area contributed by atoms with Gasteiger partial charge in [0.05, 0.1) is 0 Å². The highest BCUT2D eigenvalue weighted by Gasteiger charge is 2.33. The molecule has 2 aliphatic rings. The van der Waals surface area contributed by atoms with Crippen LogP contribution in [0.2, 0.25) is 0 Å². The Kier molecular flexibility index (Phi) is 3.94. The van der Waals surface area contributed by atoms with Gasteiger partial charge in [0.1, 0.15) is 6.10 Å². The van der Waals surface area contributed by atoms with Crippen molar-refractivity contribution in [3.8, 4) is 0 Å². The molecular formula is C13H16N2O3. The number of fused-ring (bicyclic) bond motifs is 1. The van der Waals surface area contributed by atoms with Gasteiger partial charge in [0.25, 0.3) is 0 Å². The zero-order valence-corrected chi connectivity index (χ0v) is 9.96. The molecule has 0 saturated carbocycles. The molecule has 18 heavy (non-hydrogen) atoms. The maximum atomic E-state index is 11.8. The number of allylic oxidation sites excluding steroid dienone is 2. The molecule has 5 heteroatoms. The van der Waals surface area contributed by atoms with Gasteiger partial charge in [0.15, 0.2) is 5.92 Å². The number of rotatable bonds is 4. The van der Waals surface area contributed by atoms with E-state index in [4.69, 9.17) is 10.5 Å². The first kappa shape index (κ1) is 12.6. The molecule has 2 atom stereocenters. The van der Waals surface area contributed by atoms with Crippen LogP contribution in [0.15, 0.2) is 36.0 Å². The number of carbonyl (C=O) groups excluding carboxylic acids is 2. The largest absolute Gasteiger partial charge is 0.452 e. The van der Waals surface area contributed by atoms with Gasteiger partial charge in [-0.05, 0) is 24.6 Å². The summed E-state index contributed by atoms with van der Waals surface area (Å²) in [6.07, 6.45) is 9.30. The fraction of sp³-hybridized carbons (Fsp3) is 0.385. The van der Waals surface area contributed by atoms with Gasteiger partial charge in [-0.1, -0.05) is 24.3 Å². The standard InChI is InChI=1S/C13H16N2O3/c14-6-3-7-15-12(16)10-8-9-4-1-2-5-11(9)18-13(10)17/h1-2,4-5,8,10-11H,3,6-7,14H2,(H,15,16). The molecule has 1 aliphatic carbocycles. The highest BCUT2D eigenvalue weighted by molar-refractivity contribution is 6.00. The van der Waals surface area contributed by atoms with Crippen LogP contribution in [-0.2, 0) is 14.3 Å². The van der Waals surface area contributed by atoms with E-state index in [-0.39, 0.29) is 12.0 Å². The van der Waals surface area contributed by atoms with E-state index in [0.29, 0.717) is 19.5 Å². The zero-order chi connectivity index (χ0) is 13.0. The average Bonchev–Trinajstić information content (AvgIpc) is 2.38. The number of esters is 1. The molecule has 0 spiro atoms. The Morgan fingerprint density at radius 1 is 1.44 bits per heavy atom. The Balaban J connectivity index is 2.04. The van der Waals surface area contributed by atoms with Crippen molar-refractivity contribution in [3.05, 3.63) is 36.0 Å². The van der Waals surface area contributed by atoms with E-state index in [1.165, 1.54) is 0 Å². The number of nitrogens with two attached hydrogens (primary N) is 1.